The molecule has 0 heterocycles. The smallest absolute Gasteiger partial charge is 0.0557 e. The maximum atomic E-state index is 7.22. The van der Waals surface area contributed by atoms with Gasteiger partial charge in [0.15, 0.2) is 0 Å². The Bertz CT molecular complexity index is 2470. The molecule has 0 saturated heterocycles. The fraction of sp³-hybridized carbons (Fsp3) is 0.0189. The highest BCUT2D eigenvalue weighted by molar-refractivity contribution is 7.79. The van der Waals surface area contributed by atoms with Crippen LogP contribution in [-0.2, 0) is 0 Å². The SMILES string of the molecule is C=C(/C=C(/c1ccc(-c2ccccc2)cc1)C(N)c1ccc(-c2cccc(P(c3ccccc3)c3ccccc3)c2)cc1)c1ccc(-c2ccccc2)cc1. The summed E-state index contributed by atoms with van der Waals surface area (Å²) in [6.45, 7) is 4.52. The molecule has 264 valence electrons. The second-order valence-corrected chi connectivity index (χ2v) is 15.9. The molecule has 0 bridgehead atoms. The Balaban J connectivity index is 1.11. The van der Waals surface area contributed by atoms with Gasteiger partial charge in [0.05, 0.1) is 6.04 Å². The van der Waals surface area contributed by atoms with E-state index >= 15 is 0 Å². The zero-order chi connectivity index (χ0) is 37.4. The second-order valence-electron chi connectivity index (χ2n) is 13.7. The van der Waals surface area contributed by atoms with Crippen LogP contribution in [0.4, 0.5) is 0 Å². The number of nitrogens with two attached hydrogens (primary N) is 1. The van der Waals surface area contributed by atoms with Gasteiger partial charge < -0.3 is 5.73 Å². The van der Waals surface area contributed by atoms with Crippen LogP contribution in [0.2, 0.25) is 0 Å². The molecule has 55 heavy (non-hydrogen) atoms. The summed E-state index contributed by atoms with van der Waals surface area (Å²) in [7, 11) is -0.698. The van der Waals surface area contributed by atoms with Crippen molar-refractivity contribution in [2.75, 3.05) is 0 Å². The van der Waals surface area contributed by atoms with Crippen molar-refractivity contribution in [1.29, 1.82) is 0 Å². The average Bonchev–Trinajstić information content (AvgIpc) is 3.27. The topological polar surface area (TPSA) is 26.0 Å². The monoisotopic (exact) mass is 723 g/mol. The zero-order valence-electron chi connectivity index (χ0n) is 30.7. The highest BCUT2D eigenvalue weighted by atomic mass is 31.1. The van der Waals surface area contributed by atoms with E-state index in [0.717, 1.165) is 33.4 Å². The highest BCUT2D eigenvalue weighted by Gasteiger charge is 2.18. The normalized spacial score (nSPS) is 12.0. The van der Waals surface area contributed by atoms with E-state index < -0.39 is 7.92 Å². The van der Waals surface area contributed by atoms with Gasteiger partial charge in [-0.2, -0.15) is 0 Å². The van der Waals surface area contributed by atoms with Crippen molar-refractivity contribution < 1.29 is 0 Å². The number of rotatable bonds is 11. The third kappa shape index (κ3) is 8.25. The van der Waals surface area contributed by atoms with E-state index in [1.807, 2.05) is 12.1 Å². The predicted molar refractivity (Wildman–Crippen MR) is 238 cm³/mol. The lowest BCUT2D eigenvalue weighted by Crippen LogP contribution is -2.20. The zero-order valence-corrected chi connectivity index (χ0v) is 31.6. The van der Waals surface area contributed by atoms with Crippen LogP contribution in [0.15, 0.2) is 231 Å². The van der Waals surface area contributed by atoms with Gasteiger partial charge >= 0.3 is 0 Å². The summed E-state index contributed by atoms with van der Waals surface area (Å²) in [5, 5.41) is 4.00. The fourth-order valence-corrected chi connectivity index (χ4v) is 9.44. The van der Waals surface area contributed by atoms with Crippen LogP contribution in [0.3, 0.4) is 0 Å². The van der Waals surface area contributed by atoms with Gasteiger partial charge in [-0.25, -0.2) is 0 Å². The molecule has 0 spiro atoms. The molecule has 1 nitrogen and oxygen atoms in total. The first-order valence-electron chi connectivity index (χ1n) is 18.7. The van der Waals surface area contributed by atoms with Crippen molar-refractivity contribution in [3.63, 3.8) is 0 Å². The molecule has 1 unspecified atom stereocenters. The maximum Gasteiger partial charge on any atom is 0.0557 e. The van der Waals surface area contributed by atoms with Gasteiger partial charge in [0.2, 0.25) is 0 Å². The highest BCUT2D eigenvalue weighted by Crippen LogP contribution is 2.36. The first-order valence-corrected chi connectivity index (χ1v) is 20.0. The molecular formula is C53H42NP. The van der Waals surface area contributed by atoms with Crippen molar-refractivity contribution in [3.05, 3.63) is 248 Å². The van der Waals surface area contributed by atoms with Crippen LogP contribution in [-0.4, -0.2) is 0 Å². The van der Waals surface area contributed by atoms with Crippen molar-refractivity contribution in [1.82, 2.24) is 0 Å². The number of hydrogen-bond donors (Lipinski definition) is 1. The summed E-state index contributed by atoms with van der Waals surface area (Å²) < 4.78 is 0. The van der Waals surface area contributed by atoms with E-state index in [4.69, 9.17) is 5.73 Å². The maximum absolute atomic E-state index is 7.22. The molecule has 0 amide bonds. The van der Waals surface area contributed by atoms with Crippen LogP contribution in [0, 0.1) is 0 Å². The van der Waals surface area contributed by atoms with E-state index in [2.05, 4.69) is 219 Å². The fourth-order valence-electron chi connectivity index (χ4n) is 7.11. The van der Waals surface area contributed by atoms with Gasteiger partial charge in [-0.05, 0) is 97.2 Å². The van der Waals surface area contributed by atoms with E-state index in [-0.39, 0.29) is 6.04 Å². The standard InChI is InChI=1S/C53H42NP/c1-39(40-25-27-43(28-26-40)41-15-6-2-7-16-41)37-52(46-33-29-44(30-34-46)42-17-8-3-9-18-42)53(54)47-35-31-45(32-36-47)48-19-14-24-51(38-48)55(49-20-10-4-11-21-49)50-22-12-5-13-23-50/h2-38,53H,1,54H2/b52-37-. The Labute approximate surface area is 326 Å². The lowest BCUT2D eigenvalue weighted by atomic mass is 9.89. The van der Waals surface area contributed by atoms with E-state index in [1.165, 1.54) is 43.7 Å². The Kier molecular flexibility index (Phi) is 10.9. The number of allylic oxidation sites excluding steroid dienone is 2. The molecule has 2 N–H and O–H groups in total. The van der Waals surface area contributed by atoms with Crippen molar-refractivity contribution in [2.24, 2.45) is 5.73 Å². The molecule has 0 aliphatic carbocycles. The molecule has 0 saturated carbocycles. The third-order valence-corrected chi connectivity index (χ3v) is 12.5. The molecule has 0 radical (unpaired) electrons. The van der Waals surface area contributed by atoms with Gasteiger partial charge in [0.1, 0.15) is 0 Å². The first-order chi connectivity index (χ1) is 27.1. The summed E-state index contributed by atoms with van der Waals surface area (Å²) in [6.07, 6.45) is 2.16. The summed E-state index contributed by atoms with van der Waals surface area (Å²) >= 11 is 0. The molecule has 8 aromatic rings. The Morgan fingerprint density at radius 1 is 0.400 bits per heavy atom. The quantitative estimate of drug-likeness (QED) is 0.104. The first kappa shape index (κ1) is 35.6. The second kappa shape index (κ2) is 16.8. The lowest BCUT2D eigenvalue weighted by Gasteiger charge is -2.21. The van der Waals surface area contributed by atoms with E-state index in [1.54, 1.807) is 0 Å². The van der Waals surface area contributed by atoms with Gasteiger partial charge in [-0.15, -0.1) is 0 Å². The average molecular weight is 724 g/mol. The predicted octanol–water partition coefficient (Wildman–Crippen LogP) is 12.2. The van der Waals surface area contributed by atoms with Crippen molar-refractivity contribution in [2.45, 2.75) is 6.04 Å². The van der Waals surface area contributed by atoms with Gasteiger partial charge in [0.25, 0.3) is 0 Å². The Hall–Kier alpha value is -6.37. The summed E-state index contributed by atoms with van der Waals surface area (Å²) in [4.78, 5) is 0. The van der Waals surface area contributed by atoms with Crippen LogP contribution < -0.4 is 21.6 Å². The molecule has 8 rings (SSSR count). The number of benzene rings is 8. The Morgan fingerprint density at radius 3 is 1.29 bits per heavy atom. The lowest BCUT2D eigenvalue weighted by molar-refractivity contribution is 0.933. The Morgan fingerprint density at radius 2 is 0.782 bits per heavy atom. The molecule has 0 aliphatic heterocycles. The van der Waals surface area contributed by atoms with Gasteiger partial charge in [-0.1, -0.05) is 219 Å². The van der Waals surface area contributed by atoms with Crippen molar-refractivity contribution in [3.8, 4) is 33.4 Å². The van der Waals surface area contributed by atoms with E-state index in [0.29, 0.717) is 0 Å². The molecule has 0 aliphatic rings. The van der Waals surface area contributed by atoms with Crippen LogP contribution in [0.25, 0.3) is 44.5 Å². The van der Waals surface area contributed by atoms with Crippen molar-refractivity contribution >= 4 is 35.0 Å². The minimum Gasteiger partial charge on any atom is -0.320 e. The van der Waals surface area contributed by atoms with E-state index in [9.17, 15) is 0 Å². The minimum absolute atomic E-state index is 0.368. The molecule has 0 aromatic heterocycles. The minimum atomic E-state index is -0.698. The summed E-state index contributed by atoms with van der Waals surface area (Å²) in [5.41, 5.74) is 19.4. The van der Waals surface area contributed by atoms with Gasteiger partial charge in [0, 0.05) is 0 Å². The van der Waals surface area contributed by atoms with Gasteiger partial charge in [-0.3, -0.25) is 0 Å². The van der Waals surface area contributed by atoms with Crippen LogP contribution in [0.5, 0.6) is 0 Å². The van der Waals surface area contributed by atoms with Crippen LogP contribution in [0.1, 0.15) is 22.7 Å². The molecule has 1 atom stereocenters. The molecule has 0 fully saturated rings. The largest absolute Gasteiger partial charge is 0.320 e. The van der Waals surface area contributed by atoms with Crippen LogP contribution >= 0.6 is 7.92 Å². The molecule has 8 aromatic carbocycles. The number of hydrogen-bond acceptors (Lipinski definition) is 1. The third-order valence-electron chi connectivity index (χ3n) is 10.1. The molecule has 2 heteroatoms. The summed E-state index contributed by atoms with van der Waals surface area (Å²) in [5.74, 6) is 0. The summed E-state index contributed by atoms with van der Waals surface area (Å²) in [6, 6.07) is 77.3. The molecular weight excluding hydrogens is 682 g/mol.